The molecule has 0 atom stereocenters. The van der Waals surface area contributed by atoms with Crippen molar-refractivity contribution in [2.24, 2.45) is 0 Å². The molecule has 11 heteroatoms. The third-order valence-corrected chi connectivity index (χ3v) is 8.33. The zero-order chi connectivity index (χ0) is 29.6. The summed E-state index contributed by atoms with van der Waals surface area (Å²) in [7, 11) is 6.55. The Bertz CT molecular complexity index is 1320. The molecule has 0 radical (unpaired) electrons. The van der Waals surface area contributed by atoms with Crippen molar-refractivity contribution in [1.82, 2.24) is 19.8 Å². The molecule has 3 aromatic rings. The van der Waals surface area contributed by atoms with Crippen molar-refractivity contribution in [3.05, 3.63) is 59.4 Å². The standard InChI is InChI=1S/C31H40F2N6O3/c1-37-13-15-38(16-14-37)23-9-11-39(12-10-23)25-8-6-22(17-26(25)40-2)36-31-34-19-21(20-35-31)5-7-24-29(32)27(41-3)18-28(42-4)30(24)33/h6,8,17-20,23H,5,7,9-16H2,1-4H3,(H,34,35,36). The van der Waals surface area contributed by atoms with Gasteiger partial charge in [0, 0.05) is 81.1 Å². The number of nitrogens with zero attached hydrogens (tertiary/aromatic N) is 5. The summed E-state index contributed by atoms with van der Waals surface area (Å²) in [5.41, 5.74) is 2.55. The average molecular weight is 583 g/mol. The summed E-state index contributed by atoms with van der Waals surface area (Å²) < 4.78 is 45.2. The molecule has 42 heavy (non-hydrogen) atoms. The van der Waals surface area contributed by atoms with Gasteiger partial charge in [0.15, 0.2) is 23.1 Å². The summed E-state index contributed by atoms with van der Waals surface area (Å²) in [6, 6.07) is 7.90. The van der Waals surface area contributed by atoms with Gasteiger partial charge in [-0.2, -0.15) is 0 Å². The molecule has 9 nitrogen and oxygen atoms in total. The number of anilines is 3. The van der Waals surface area contributed by atoms with Gasteiger partial charge in [-0.15, -0.1) is 0 Å². The molecule has 0 bridgehead atoms. The molecule has 0 saturated carbocycles. The molecular formula is C31H40F2N6O3. The molecule has 226 valence electrons. The molecule has 1 N–H and O–H groups in total. The lowest BCUT2D eigenvalue weighted by atomic mass is 10.0. The number of hydrogen-bond donors (Lipinski definition) is 1. The predicted molar refractivity (Wildman–Crippen MR) is 159 cm³/mol. The quantitative estimate of drug-likeness (QED) is 0.371. The Morgan fingerprint density at radius 3 is 2.02 bits per heavy atom. The van der Waals surface area contributed by atoms with Crippen molar-refractivity contribution in [3.8, 4) is 17.2 Å². The first-order valence-corrected chi connectivity index (χ1v) is 14.4. The molecule has 2 saturated heterocycles. The number of rotatable bonds is 10. The van der Waals surface area contributed by atoms with Crippen LogP contribution in [0.25, 0.3) is 0 Å². The van der Waals surface area contributed by atoms with Crippen LogP contribution in [0.5, 0.6) is 17.2 Å². The van der Waals surface area contributed by atoms with E-state index in [1.165, 1.54) is 20.3 Å². The maximum Gasteiger partial charge on any atom is 0.227 e. The van der Waals surface area contributed by atoms with E-state index >= 15 is 0 Å². The van der Waals surface area contributed by atoms with Crippen molar-refractivity contribution >= 4 is 17.3 Å². The van der Waals surface area contributed by atoms with Crippen LogP contribution in [0.4, 0.5) is 26.1 Å². The number of likely N-dealkylation sites (N-methyl/N-ethyl adjacent to an activating group) is 1. The van der Waals surface area contributed by atoms with Crippen LogP contribution in [0.15, 0.2) is 36.7 Å². The normalized spacial score (nSPS) is 16.9. The highest BCUT2D eigenvalue weighted by molar-refractivity contribution is 5.67. The second kappa shape index (κ2) is 13.5. The summed E-state index contributed by atoms with van der Waals surface area (Å²) in [5, 5.41) is 3.23. The summed E-state index contributed by atoms with van der Waals surface area (Å²) in [5.74, 6) is -0.362. The first-order chi connectivity index (χ1) is 20.4. The van der Waals surface area contributed by atoms with Gasteiger partial charge in [0.1, 0.15) is 5.75 Å². The highest BCUT2D eigenvalue weighted by Gasteiger charge is 2.28. The fourth-order valence-corrected chi connectivity index (χ4v) is 5.78. The van der Waals surface area contributed by atoms with Crippen LogP contribution >= 0.6 is 0 Å². The molecule has 2 aliphatic heterocycles. The number of ether oxygens (including phenoxy) is 3. The number of hydrogen-bond acceptors (Lipinski definition) is 9. The van der Waals surface area contributed by atoms with Crippen LogP contribution in [-0.4, -0.2) is 93.5 Å². The summed E-state index contributed by atoms with van der Waals surface area (Å²) in [6.45, 7) is 6.61. The predicted octanol–water partition coefficient (Wildman–Crippen LogP) is 4.53. The van der Waals surface area contributed by atoms with E-state index in [-0.39, 0.29) is 23.5 Å². The number of benzene rings is 2. The Morgan fingerprint density at radius 2 is 1.43 bits per heavy atom. The van der Waals surface area contributed by atoms with E-state index in [0.29, 0.717) is 18.4 Å². The molecule has 0 aliphatic carbocycles. The number of aryl methyl sites for hydroxylation is 1. The topological polar surface area (TPSA) is 75.2 Å². The largest absolute Gasteiger partial charge is 0.495 e. The highest BCUT2D eigenvalue weighted by atomic mass is 19.1. The second-order valence-corrected chi connectivity index (χ2v) is 10.9. The lowest BCUT2D eigenvalue weighted by molar-refractivity contribution is 0.0981. The van der Waals surface area contributed by atoms with Crippen LogP contribution in [0.2, 0.25) is 0 Å². The van der Waals surface area contributed by atoms with Crippen LogP contribution in [0.3, 0.4) is 0 Å². The fraction of sp³-hybridized carbons (Fsp3) is 0.484. The Balaban J connectivity index is 1.18. The van der Waals surface area contributed by atoms with E-state index in [2.05, 4.69) is 43.1 Å². The molecule has 1 aromatic heterocycles. The zero-order valence-electron chi connectivity index (χ0n) is 24.8. The van der Waals surface area contributed by atoms with Crippen molar-refractivity contribution in [2.75, 3.05) is 77.9 Å². The van der Waals surface area contributed by atoms with Crippen molar-refractivity contribution in [1.29, 1.82) is 0 Å². The Kier molecular flexibility index (Phi) is 9.58. The summed E-state index contributed by atoms with van der Waals surface area (Å²) >= 11 is 0. The van der Waals surface area contributed by atoms with Crippen LogP contribution in [-0.2, 0) is 12.8 Å². The van der Waals surface area contributed by atoms with E-state index in [1.54, 1.807) is 19.5 Å². The van der Waals surface area contributed by atoms with Crippen LogP contribution in [0.1, 0.15) is 24.0 Å². The van der Waals surface area contributed by atoms with Crippen molar-refractivity contribution < 1.29 is 23.0 Å². The lowest BCUT2D eigenvalue weighted by Crippen LogP contribution is -2.52. The average Bonchev–Trinajstić information content (AvgIpc) is 3.02. The van der Waals surface area contributed by atoms with Gasteiger partial charge in [0.25, 0.3) is 0 Å². The zero-order valence-corrected chi connectivity index (χ0v) is 24.8. The first-order valence-electron chi connectivity index (χ1n) is 14.4. The van der Waals surface area contributed by atoms with E-state index in [0.717, 1.165) is 74.8 Å². The van der Waals surface area contributed by atoms with Gasteiger partial charge in [0.2, 0.25) is 5.95 Å². The molecule has 0 spiro atoms. The van der Waals surface area contributed by atoms with E-state index in [9.17, 15) is 8.78 Å². The minimum Gasteiger partial charge on any atom is -0.495 e. The van der Waals surface area contributed by atoms with Gasteiger partial charge in [-0.25, -0.2) is 18.7 Å². The summed E-state index contributed by atoms with van der Waals surface area (Å²) in [6.07, 6.45) is 6.05. The smallest absolute Gasteiger partial charge is 0.227 e. The molecule has 2 aliphatic rings. The maximum atomic E-state index is 14.7. The van der Waals surface area contributed by atoms with Gasteiger partial charge in [-0.1, -0.05) is 0 Å². The highest BCUT2D eigenvalue weighted by Crippen LogP contribution is 2.35. The number of piperidine rings is 1. The monoisotopic (exact) mass is 582 g/mol. The van der Waals surface area contributed by atoms with Crippen LogP contribution in [0, 0.1) is 11.6 Å². The summed E-state index contributed by atoms with van der Waals surface area (Å²) in [4.78, 5) is 16.3. The van der Waals surface area contributed by atoms with Crippen LogP contribution < -0.4 is 24.4 Å². The maximum absolute atomic E-state index is 14.7. The molecule has 2 aromatic carbocycles. The number of piperazine rings is 1. The van der Waals surface area contributed by atoms with E-state index in [1.807, 2.05) is 12.1 Å². The molecule has 0 amide bonds. The third-order valence-electron chi connectivity index (χ3n) is 8.33. The van der Waals surface area contributed by atoms with Crippen molar-refractivity contribution in [2.45, 2.75) is 31.7 Å². The van der Waals surface area contributed by atoms with Gasteiger partial charge in [-0.05, 0) is 50.4 Å². The molecule has 5 rings (SSSR count). The van der Waals surface area contributed by atoms with Gasteiger partial charge in [0.05, 0.1) is 27.0 Å². The number of halogens is 2. The Hall–Kier alpha value is -3.70. The fourth-order valence-electron chi connectivity index (χ4n) is 5.78. The number of nitrogens with one attached hydrogen (secondary N) is 1. The molecule has 2 fully saturated rings. The van der Waals surface area contributed by atoms with Gasteiger partial charge >= 0.3 is 0 Å². The lowest BCUT2D eigenvalue weighted by Gasteiger charge is -2.42. The van der Waals surface area contributed by atoms with Gasteiger partial charge < -0.3 is 29.3 Å². The van der Waals surface area contributed by atoms with E-state index < -0.39 is 11.6 Å². The third kappa shape index (κ3) is 6.68. The molecule has 3 heterocycles. The number of methoxy groups -OCH3 is 3. The Morgan fingerprint density at radius 1 is 0.810 bits per heavy atom. The minimum atomic E-state index is -0.730. The van der Waals surface area contributed by atoms with Crippen molar-refractivity contribution in [3.63, 3.8) is 0 Å². The molecular weight excluding hydrogens is 542 g/mol. The molecule has 0 unspecified atom stereocenters. The Labute approximate surface area is 246 Å². The van der Waals surface area contributed by atoms with E-state index in [4.69, 9.17) is 14.2 Å². The van der Waals surface area contributed by atoms with Gasteiger partial charge in [-0.3, -0.25) is 4.90 Å². The minimum absolute atomic E-state index is 0.0596. The second-order valence-electron chi connectivity index (χ2n) is 10.9. The number of aromatic nitrogens is 2. The first kappa shape index (κ1) is 29.8. The SMILES string of the molecule is COc1cc(Nc2ncc(CCc3c(F)c(OC)cc(OC)c3F)cn2)ccc1N1CCC(N2CCN(C)CC2)CC1.